The van der Waals surface area contributed by atoms with Gasteiger partial charge in [0.2, 0.25) is 5.91 Å². The Kier molecular flexibility index (Phi) is 6.88. The first-order chi connectivity index (χ1) is 11.6. The smallest absolute Gasteiger partial charge is 0.251 e. The molecular formula is C19H22N2O2S. The van der Waals surface area contributed by atoms with Crippen molar-refractivity contribution in [1.82, 2.24) is 5.32 Å². The summed E-state index contributed by atoms with van der Waals surface area (Å²) in [6, 6.07) is 15.1. The lowest BCUT2D eigenvalue weighted by Gasteiger charge is -2.10. The summed E-state index contributed by atoms with van der Waals surface area (Å²) >= 11 is 1.73. The van der Waals surface area contributed by atoms with Gasteiger partial charge in [-0.15, -0.1) is 0 Å². The minimum atomic E-state index is -0.246. The summed E-state index contributed by atoms with van der Waals surface area (Å²) in [7, 11) is 0. The van der Waals surface area contributed by atoms with Crippen LogP contribution in [0.5, 0.6) is 0 Å². The molecule has 2 rings (SSSR count). The maximum Gasteiger partial charge on any atom is 0.251 e. The molecule has 2 aromatic rings. The second kappa shape index (κ2) is 9.13. The van der Waals surface area contributed by atoms with E-state index < -0.39 is 0 Å². The fraction of sp³-hybridized carbons (Fsp3) is 0.263. The molecule has 4 nitrogen and oxygen atoms in total. The first-order valence-electron chi connectivity index (χ1n) is 7.88. The van der Waals surface area contributed by atoms with Crippen molar-refractivity contribution in [3.8, 4) is 0 Å². The molecule has 2 amide bonds. The number of hydrogen-bond donors (Lipinski definition) is 2. The van der Waals surface area contributed by atoms with Crippen molar-refractivity contribution in [3.63, 3.8) is 0 Å². The summed E-state index contributed by atoms with van der Waals surface area (Å²) in [5, 5.41) is 5.49. The van der Waals surface area contributed by atoms with E-state index in [4.69, 9.17) is 0 Å². The molecule has 2 N–H and O–H groups in total. The highest BCUT2D eigenvalue weighted by atomic mass is 32.2. The average molecular weight is 342 g/mol. The Hall–Kier alpha value is -2.27. The third-order valence-corrected chi connectivity index (χ3v) is 4.23. The largest absolute Gasteiger partial charge is 0.343 e. The molecule has 0 unspecified atom stereocenters. The number of hydrogen-bond acceptors (Lipinski definition) is 3. The van der Waals surface area contributed by atoms with Gasteiger partial charge in [0, 0.05) is 17.0 Å². The normalized spacial score (nSPS) is 10.2. The molecule has 0 aliphatic heterocycles. The van der Waals surface area contributed by atoms with Crippen LogP contribution in [0, 0.1) is 0 Å². The molecule has 126 valence electrons. The molecule has 0 spiro atoms. The number of rotatable bonds is 7. The minimum absolute atomic E-state index is 0.0521. The van der Waals surface area contributed by atoms with E-state index in [2.05, 4.69) is 10.6 Å². The second-order valence-corrected chi connectivity index (χ2v) is 6.24. The van der Waals surface area contributed by atoms with E-state index in [1.807, 2.05) is 49.6 Å². The number of amides is 2. The van der Waals surface area contributed by atoms with Crippen molar-refractivity contribution in [2.45, 2.75) is 19.1 Å². The number of anilines is 1. The van der Waals surface area contributed by atoms with Crippen molar-refractivity contribution in [1.29, 1.82) is 0 Å². The molecule has 0 saturated heterocycles. The number of carbonyl (C=O) groups is 2. The van der Waals surface area contributed by atoms with Crippen LogP contribution in [-0.2, 0) is 17.0 Å². The van der Waals surface area contributed by atoms with Gasteiger partial charge in [0.25, 0.3) is 5.91 Å². The Morgan fingerprint density at radius 2 is 1.75 bits per heavy atom. The molecule has 2 aromatic carbocycles. The molecule has 0 fully saturated rings. The van der Waals surface area contributed by atoms with Gasteiger partial charge in [-0.05, 0) is 42.0 Å². The highest BCUT2D eigenvalue weighted by Gasteiger charge is 2.09. The summed E-state index contributed by atoms with van der Waals surface area (Å²) in [6.45, 7) is 1.98. The SMILES string of the molecule is CCc1ccccc1NC(=O)CNC(=O)c1ccc(CSC)cc1. The lowest BCUT2D eigenvalue weighted by molar-refractivity contribution is -0.115. The van der Waals surface area contributed by atoms with E-state index in [0.717, 1.165) is 23.4 Å². The molecule has 24 heavy (non-hydrogen) atoms. The van der Waals surface area contributed by atoms with E-state index in [0.29, 0.717) is 5.56 Å². The zero-order chi connectivity index (χ0) is 17.4. The second-order valence-electron chi connectivity index (χ2n) is 5.37. The molecule has 0 aliphatic rings. The van der Waals surface area contributed by atoms with Gasteiger partial charge in [-0.3, -0.25) is 9.59 Å². The maximum absolute atomic E-state index is 12.1. The van der Waals surface area contributed by atoms with Crippen LogP contribution < -0.4 is 10.6 Å². The summed E-state index contributed by atoms with van der Waals surface area (Å²) < 4.78 is 0. The van der Waals surface area contributed by atoms with Crippen LogP contribution in [0.15, 0.2) is 48.5 Å². The topological polar surface area (TPSA) is 58.2 Å². The van der Waals surface area contributed by atoms with E-state index in [1.165, 1.54) is 5.56 Å². The van der Waals surface area contributed by atoms with Crippen molar-refractivity contribution in [2.24, 2.45) is 0 Å². The van der Waals surface area contributed by atoms with Crippen LogP contribution in [0.2, 0.25) is 0 Å². The van der Waals surface area contributed by atoms with Gasteiger partial charge in [-0.1, -0.05) is 37.3 Å². The Morgan fingerprint density at radius 3 is 2.42 bits per heavy atom. The Balaban J connectivity index is 1.87. The quantitative estimate of drug-likeness (QED) is 0.810. The van der Waals surface area contributed by atoms with Gasteiger partial charge in [0.05, 0.1) is 6.54 Å². The van der Waals surface area contributed by atoms with Crippen molar-refractivity contribution in [2.75, 3.05) is 18.1 Å². The first kappa shape index (κ1) is 18.1. The van der Waals surface area contributed by atoms with Gasteiger partial charge >= 0.3 is 0 Å². The summed E-state index contributed by atoms with van der Waals surface area (Å²) in [5.74, 6) is 0.439. The van der Waals surface area contributed by atoms with Gasteiger partial charge in [-0.2, -0.15) is 11.8 Å². The lowest BCUT2D eigenvalue weighted by atomic mass is 10.1. The van der Waals surface area contributed by atoms with Gasteiger partial charge in [-0.25, -0.2) is 0 Å². The van der Waals surface area contributed by atoms with Crippen LogP contribution in [0.4, 0.5) is 5.69 Å². The molecule has 5 heteroatoms. The van der Waals surface area contributed by atoms with Crippen LogP contribution in [0.3, 0.4) is 0 Å². The van der Waals surface area contributed by atoms with Crippen LogP contribution in [0.1, 0.15) is 28.4 Å². The number of para-hydroxylation sites is 1. The van der Waals surface area contributed by atoms with Gasteiger partial charge in [0.15, 0.2) is 0 Å². The maximum atomic E-state index is 12.1. The molecule has 0 aliphatic carbocycles. The summed E-state index contributed by atoms with van der Waals surface area (Å²) in [6.07, 6.45) is 2.88. The molecule has 0 heterocycles. The molecular weight excluding hydrogens is 320 g/mol. The predicted octanol–water partition coefficient (Wildman–Crippen LogP) is 3.48. The van der Waals surface area contributed by atoms with Crippen molar-refractivity contribution in [3.05, 3.63) is 65.2 Å². The highest BCUT2D eigenvalue weighted by Crippen LogP contribution is 2.15. The van der Waals surface area contributed by atoms with E-state index >= 15 is 0 Å². The fourth-order valence-corrected chi connectivity index (χ4v) is 2.85. The average Bonchev–Trinajstić information content (AvgIpc) is 2.61. The van der Waals surface area contributed by atoms with Gasteiger partial charge < -0.3 is 10.6 Å². The number of aryl methyl sites for hydroxylation is 1. The monoisotopic (exact) mass is 342 g/mol. The first-order valence-corrected chi connectivity index (χ1v) is 9.27. The third-order valence-electron chi connectivity index (χ3n) is 3.61. The Bertz CT molecular complexity index is 699. The van der Waals surface area contributed by atoms with Crippen LogP contribution in [-0.4, -0.2) is 24.6 Å². The fourth-order valence-electron chi connectivity index (χ4n) is 2.33. The van der Waals surface area contributed by atoms with E-state index in [-0.39, 0.29) is 18.4 Å². The number of benzene rings is 2. The Labute approximate surface area is 147 Å². The van der Waals surface area contributed by atoms with Crippen LogP contribution >= 0.6 is 11.8 Å². The van der Waals surface area contributed by atoms with E-state index in [1.54, 1.807) is 23.9 Å². The van der Waals surface area contributed by atoms with Crippen molar-refractivity contribution >= 4 is 29.3 Å². The zero-order valence-electron chi connectivity index (χ0n) is 14.0. The van der Waals surface area contributed by atoms with Gasteiger partial charge in [0.1, 0.15) is 0 Å². The lowest BCUT2D eigenvalue weighted by Crippen LogP contribution is -2.33. The molecule has 0 bridgehead atoms. The van der Waals surface area contributed by atoms with Crippen molar-refractivity contribution < 1.29 is 9.59 Å². The zero-order valence-corrected chi connectivity index (χ0v) is 14.8. The molecule has 0 aromatic heterocycles. The predicted molar refractivity (Wildman–Crippen MR) is 100 cm³/mol. The number of nitrogens with one attached hydrogen (secondary N) is 2. The Morgan fingerprint density at radius 1 is 1.04 bits per heavy atom. The highest BCUT2D eigenvalue weighted by molar-refractivity contribution is 7.97. The van der Waals surface area contributed by atoms with E-state index in [9.17, 15) is 9.59 Å². The molecule has 0 radical (unpaired) electrons. The molecule has 0 saturated carbocycles. The molecule has 0 atom stereocenters. The number of carbonyl (C=O) groups excluding carboxylic acids is 2. The summed E-state index contributed by atoms with van der Waals surface area (Å²) in [4.78, 5) is 24.1. The number of thioether (sulfide) groups is 1. The minimum Gasteiger partial charge on any atom is -0.343 e. The third kappa shape index (κ3) is 5.13. The standard InChI is InChI=1S/C19H22N2O2S/c1-3-15-6-4-5-7-17(15)21-18(22)12-20-19(23)16-10-8-14(9-11-16)13-24-2/h4-11H,3,12-13H2,1-2H3,(H,20,23)(H,21,22). The van der Waals surface area contributed by atoms with Crippen LogP contribution in [0.25, 0.3) is 0 Å². The summed E-state index contributed by atoms with van der Waals surface area (Å²) in [5.41, 5.74) is 3.59.